The minimum absolute atomic E-state index is 0.0698. The topological polar surface area (TPSA) is 88.5 Å². The van der Waals surface area contributed by atoms with Crippen molar-refractivity contribution >= 4 is 17.4 Å². The van der Waals surface area contributed by atoms with Crippen LogP contribution in [0, 0.1) is 0 Å². The van der Waals surface area contributed by atoms with Crippen molar-refractivity contribution in [1.82, 2.24) is 9.80 Å². The summed E-state index contributed by atoms with van der Waals surface area (Å²) < 4.78 is 16.2. The lowest BCUT2D eigenvalue weighted by Gasteiger charge is -2.31. The van der Waals surface area contributed by atoms with E-state index in [4.69, 9.17) is 14.2 Å². The molecule has 8 heteroatoms. The summed E-state index contributed by atoms with van der Waals surface area (Å²) in [5.74, 6) is -0.496. The number of aliphatic hydroxyl groups is 1. The maximum absolute atomic E-state index is 13.1. The summed E-state index contributed by atoms with van der Waals surface area (Å²) in [6.45, 7) is 3.78. The number of ketones is 1. The molecule has 0 bridgehead atoms. The molecule has 33 heavy (non-hydrogen) atoms. The van der Waals surface area contributed by atoms with Crippen LogP contribution in [-0.4, -0.2) is 80.2 Å². The zero-order valence-electron chi connectivity index (χ0n) is 18.8. The Bertz CT molecular complexity index is 1050. The molecule has 0 radical (unpaired) electrons. The Morgan fingerprint density at radius 3 is 2.36 bits per heavy atom. The minimum Gasteiger partial charge on any atom is -0.507 e. The van der Waals surface area contributed by atoms with Crippen molar-refractivity contribution in [3.8, 4) is 11.5 Å². The van der Waals surface area contributed by atoms with Crippen LogP contribution in [0.25, 0.3) is 5.76 Å². The first-order valence-electron chi connectivity index (χ1n) is 10.9. The third-order valence-electron chi connectivity index (χ3n) is 6.07. The van der Waals surface area contributed by atoms with Crippen molar-refractivity contribution in [2.75, 3.05) is 53.6 Å². The third-order valence-corrected chi connectivity index (χ3v) is 6.07. The number of methoxy groups -OCH3 is 2. The molecule has 8 nitrogen and oxygen atoms in total. The number of amides is 1. The SMILES string of the molecule is COc1ccc([C@@H]2C(=C(O)c3ccccc3)C(=O)C(=O)N2CCN2CCOCC2)cc1OC. The number of ether oxygens (including phenoxy) is 3. The molecule has 1 amide bonds. The minimum atomic E-state index is -0.744. The van der Waals surface area contributed by atoms with Gasteiger partial charge in [0, 0.05) is 31.7 Å². The van der Waals surface area contributed by atoms with Gasteiger partial charge in [0.15, 0.2) is 11.5 Å². The molecule has 1 atom stereocenters. The second-order valence-corrected chi connectivity index (χ2v) is 7.93. The van der Waals surface area contributed by atoms with E-state index in [1.807, 2.05) is 6.07 Å². The number of carbonyl (C=O) groups is 2. The zero-order chi connectivity index (χ0) is 23.4. The highest BCUT2D eigenvalue weighted by Gasteiger charge is 2.46. The van der Waals surface area contributed by atoms with E-state index >= 15 is 0 Å². The van der Waals surface area contributed by atoms with Gasteiger partial charge in [-0.15, -0.1) is 0 Å². The average Bonchev–Trinajstić information content (AvgIpc) is 3.12. The fourth-order valence-corrected chi connectivity index (χ4v) is 4.31. The lowest BCUT2D eigenvalue weighted by Crippen LogP contribution is -2.42. The molecule has 2 saturated heterocycles. The number of aliphatic hydroxyl groups excluding tert-OH is 1. The van der Waals surface area contributed by atoms with Gasteiger partial charge < -0.3 is 24.2 Å². The van der Waals surface area contributed by atoms with Crippen molar-refractivity contribution in [3.05, 3.63) is 65.2 Å². The Morgan fingerprint density at radius 1 is 1.00 bits per heavy atom. The lowest BCUT2D eigenvalue weighted by molar-refractivity contribution is -0.140. The molecular weight excluding hydrogens is 424 g/mol. The van der Waals surface area contributed by atoms with Crippen LogP contribution >= 0.6 is 0 Å². The highest BCUT2D eigenvalue weighted by Crippen LogP contribution is 2.41. The number of nitrogens with zero attached hydrogens (tertiary/aromatic N) is 2. The van der Waals surface area contributed by atoms with Crippen LogP contribution in [0.4, 0.5) is 0 Å². The molecule has 0 aromatic heterocycles. The standard InChI is InChI=1S/C25H28N2O6/c1-31-19-9-8-18(16-20(19)32-2)22-21(23(28)17-6-4-3-5-7-17)24(29)25(30)27(22)11-10-26-12-14-33-15-13-26/h3-9,16,22,28H,10-15H2,1-2H3/t22-/m1/s1. The Labute approximate surface area is 193 Å². The van der Waals surface area contributed by atoms with Gasteiger partial charge in [-0.25, -0.2) is 0 Å². The van der Waals surface area contributed by atoms with E-state index in [0.29, 0.717) is 48.9 Å². The first kappa shape index (κ1) is 22.8. The summed E-state index contributed by atoms with van der Waals surface area (Å²) in [6.07, 6.45) is 0. The highest BCUT2D eigenvalue weighted by atomic mass is 16.5. The van der Waals surface area contributed by atoms with Gasteiger partial charge >= 0.3 is 0 Å². The number of carbonyl (C=O) groups excluding carboxylic acids is 2. The van der Waals surface area contributed by atoms with Crippen molar-refractivity contribution in [2.24, 2.45) is 0 Å². The smallest absolute Gasteiger partial charge is 0.295 e. The van der Waals surface area contributed by atoms with Gasteiger partial charge in [-0.3, -0.25) is 14.5 Å². The summed E-state index contributed by atoms with van der Waals surface area (Å²) in [5, 5.41) is 11.1. The predicted molar refractivity (Wildman–Crippen MR) is 122 cm³/mol. The number of hydrogen-bond acceptors (Lipinski definition) is 7. The molecule has 2 heterocycles. The van der Waals surface area contributed by atoms with E-state index in [-0.39, 0.29) is 11.3 Å². The number of benzene rings is 2. The van der Waals surface area contributed by atoms with E-state index < -0.39 is 17.7 Å². The Hall–Kier alpha value is -3.36. The molecule has 0 spiro atoms. The molecule has 2 fully saturated rings. The molecule has 2 aliphatic rings. The first-order chi connectivity index (χ1) is 16.0. The first-order valence-corrected chi connectivity index (χ1v) is 10.9. The van der Waals surface area contributed by atoms with Crippen LogP contribution in [0.5, 0.6) is 11.5 Å². The van der Waals surface area contributed by atoms with Gasteiger partial charge in [-0.1, -0.05) is 36.4 Å². The summed E-state index contributed by atoms with van der Waals surface area (Å²) in [4.78, 5) is 30.0. The van der Waals surface area contributed by atoms with Gasteiger partial charge in [0.1, 0.15) is 5.76 Å². The number of hydrogen-bond donors (Lipinski definition) is 1. The van der Waals surface area contributed by atoms with E-state index in [9.17, 15) is 14.7 Å². The van der Waals surface area contributed by atoms with Crippen LogP contribution in [0.2, 0.25) is 0 Å². The van der Waals surface area contributed by atoms with E-state index in [1.165, 1.54) is 12.0 Å². The summed E-state index contributed by atoms with van der Waals surface area (Å²) in [6, 6.07) is 13.3. The molecule has 1 N–H and O–H groups in total. The van der Waals surface area contributed by atoms with Crippen molar-refractivity contribution in [1.29, 1.82) is 0 Å². The number of rotatable bonds is 7. The van der Waals surface area contributed by atoms with Gasteiger partial charge in [-0.05, 0) is 17.7 Å². The van der Waals surface area contributed by atoms with Crippen LogP contribution < -0.4 is 9.47 Å². The zero-order valence-corrected chi connectivity index (χ0v) is 18.8. The summed E-state index contributed by atoms with van der Waals surface area (Å²) in [7, 11) is 3.07. The second-order valence-electron chi connectivity index (χ2n) is 7.93. The van der Waals surface area contributed by atoms with Crippen molar-refractivity contribution < 1.29 is 28.9 Å². The molecule has 0 saturated carbocycles. The van der Waals surface area contributed by atoms with E-state index in [2.05, 4.69) is 4.90 Å². The van der Waals surface area contributed by atoms with E-state index in [0.717, 1.165) is 13.1 Å². The largest absolute Gasteiger partial charge is 0.507 e. The molecule has 2 aliphatic heterocycles. The quantitative estimate of drug-likeness (QED) is 0.392. The average molecular weight is 453 g/mol. The number of likely N-dealkylation sites (tertiary alicyclic amines) is 1. The number of morpholine rings is 1. The fourth-order valence-electron chi connectivity index (χ4n) is 4.31. The Balaban J connectivity index is 1.77. The summed E-state index contributed by atoms with van der Waals surface area (Å²) in [5.41, 5.74) is 1.21. The maximum atomic E-state index is 13.1. The van der Waals surface area contributed by atoms with Crippen LogP contribution in [0.15, 0.2) is 54.1 Å². The summed E-state index contributed by atoms with van der Waals surface area (Å²) >= 11 is 0. The maximum Gasteiger partial charge on any atom is 0.295 e. The molecule has 2 aromatic rings. The molecule has 0 aliphatic carbocycles. The van der Waals surface area contributed by atoms with Gasteiger partial charge in [0.25, 0.3) is 11.7 Å². The van der Waals surface area contributed by atoms with Crippen LogP contribution in [0.3, 0.4) is 0 Å². The molecule has 0 unspecified atom stereocenters. The third kappa shape index (κ3) is 4.58. The second kappa shape index (κ2) is 10.1. The van der Waals surface area contributed by atoms with Crippen LogP contribution in [-0.2, 0) is 14.3 Å². The van der Waals surface area contributed by atoms with Gasteiger partial charge in [0.2, 0.25) is 0 Å². The number of Topliss-reactive ketones (excluding diaryl/α,β-unsaturated/α-hetero) is 1. The highest BCUT2D eigenvalue weighted by molar-refractivity contribution is 6.46. The molecule has 4 rings (SSSR count). The van der Waals surface area contributed by atoms with Crippen molar-refractivity contribution in [3.63, 3.8) is 0 Å². The van der Waals surface area contributed by atoms with Crippen molar-refractivity contribution in [2.45, 2.75) is 6.04 Å². The molecule has 2 aromatic carbocycles. The lowest BCUT2D eigenvalue weighted by atomic mass is 9.95. The normalized spacial score (nSPS) is 20.8. The van der Waals surface area contributed by atoms with E-state index in [1.54, 1.807) is 49.6 Å². The fraction of sp³-hybridized carbons (Fsp3) is 0.360. The molecule has 174 valence electrons. The Kier molecular flexibility index (Phi) is 6.96. The van der Waals surface area contributed by atoms with Gasteiger partial charge in [0.05, 0.1) is 39.0 Å². The van der Waals surface area contributed by atoms with Crippen LogP contribution in [0.1, 0.15) is 17.2 Å². The molecular formula is C25H28N2O6. The van der Waals surface area contributed by atoms with Gasteiger partial charge in [-0.2, -0.15) is 0 Å². The predicted octanol–water partition coefficient (Wildman–Crippen LogP) is 2.46. The Morgan fingerprint density at radius 2 is 1.70 bits per heavy atom. The monoisotopic (exact) mass is 452 g/mol.